The molecular weight excluding hydrogens is 913 g/mol. The number of hydrogen-bond donors (Lipinski definition) is 0. The zero-order chi connectivity index (χ0) is 48.6. The molecule has 0 aliphatic heterocycles. The van der Waals surface area contributed by atoms with Crippen LogP contribution in [0.1, 0.15) is 23.0 Å². The summed E-state index contributed by atoms with van der Waals surface area (Å²) < 4.78 is 31.8. The van der Waals surface area contributed by atoms with Gasteiger partial charge in [-0.05, 0) is 136 Å². The lowest BCUT2D eigenvalue weighted by molar-refractivity contribution is 0.663. The van der Waals surface area contributed by atoms with E-state index in [2.05, 4.69) is 80.6 Å². The molecule has 0 amide bonds. The van der Waals surface area contributed by atoms with Crippen molar-refractivity contribution in [1.82, 2.24) is 19.9 Å². The van der Waals surface area contributed by atoms with Crippen molar-refractivity contribution in [2.75, 3.05) is 0 Å². The van der Waals surface area contributed by atoms with E-state index in [1.807, 2.05) is 109 Å². The van der Waals surface area contributed by atoms with Crippen LogP contribution in [0.25, 0.3) is 154 Å². The molecule has 13 nitrogen and oxygen atoms in total. The van der Waals surface area contributed by atoms with Crippen LogP contribution in [0.15, 0.2) is 168 Å². The Kier molecular flexibility index (Phi) is 8.02. The molecule has 334 valence electrons. The van der Waals surface area contributed by atoms with Crippen molar-refractivity contribution in [1.29, 1.82) is 21.0 Å². The van der Waals surface area contributed by atoms with E-state index in [4.69, 9.17) is 22.1 Å². The molecule has 73 heavy (non-hydrogen) atoms. The average Bonchev–Trinajstić information content (AvgIpc) is 4.27. The van der Waals surface area contributed by atoms with Crippen molar-refractivity contribution in [3.63, 3.8) is 0 Å². The van der Waals surface area contributed by atoms with Gasteiger partial charge in [0.15, 0.2) is 22.6 Å². The van der Waals surface area contributed by atoms with Gasteiger partial charge in [-0.3, -0.25) is 0 Å². The van der Waals surface area contributed by atoms with E-state index in [0.29, 0.717) is 55.3 Å². The summed E-state index contributed by atoms with van der Waals surface area (Å²) >= 11 is 0. The summed E-state index contributed by atoms with van der Waals surface area (Å²) in [6.07, 6.45) is 0. The maximum atomic E-state index is 9.93. The van der Waals surface area contributed by atoms with Gasteiger partial charge in [0.25, 0.3) is 0 Å². The van der Waals surface area contributed by atoms with Gasteiger partial charge in [-0.2, -0.15) is 21.0 Å². The molecule has 0 aliphatic carbocycles. The fourth-order valence-electron chi connectivity index (χ4n) is 10.4. The minimum Gasteiger partial charge on any atom is -0.456 e. The van der Waals surface area contributed by atoms with Crippen molar-refractivity contribution in [3.8, 4) is 68.8 Å². The SMILES string of the molecule is N#Cc1nc(C#N)c2oc3cc(-c4ccc5c(c4)oc4cc(-c6cc(-c7ccc8oc9c(C#N)nc(C#N)nc9c8c7)c7c(c6)oc6ccc(-c8ccc9oc%10ccccc%10c9c8)cc67)ccc45)ccc3c2n1. The summed E-state index contributed by atoms with van der Waals surface area (Å²) in [6, 6.07) is 56.5. The second-order valence-electron chi connectivity index (χ2n) is 17.8. The predicted octanol–water partition coefficient (Wildman–Crippen LogP) is 14.9. The maximum Gasteiger partial charge on any atom is 0.234 e. The van der Waals surface area contributed by atoms with Crippen LogP contribution >= 0.6 is 0 Å². The van der Waals surface area contributed by atoms with Gasteiger partial charge >= 0.3 is 0 Å². The lowest BCUT2D eigenvalue weighted by atomic mass is 9.92. The van der Waals surface area contributed by atoms with Crippen molar-refractivity contribution in [3.05, 3.63) is 169 Å². The Morgan fingerprint density at radius 3 is 1.40 bits per heavy atom. The number of nitrogens with zero attached hydrogens (tertiary/aromatic N) is 8. The van der Waals surface area contributed by atoms with E-state index in [0.717, 1.165) is 88.0 Å². The number of nitriles is 4. The third kappa shape index (κ3) is 5.85. The highest BCUT2D eigenvalue weighted by atomic mass is 16.3. The molecule has 13 heteroatoms. The minimum atomic E-state index is -0.124. The van der Waals surface area contributed by atoms with Crippen LogP contribution in [0.2, 0.25) is 0 Å². The van der Waals surface area contributed by atoms with Gasteiger partial charge in [-0.25, -0.2) is 19.9 Å². The molecule has 15 aromatic rings. The number of rotatable bonds is 4. The third-order valence-electron chi connectivity index (χ3n) is 13.8. The zero-order valence-corrected chi connectivity index (χ0v) is 37.5. The maximum absolute atomic E-state index is 9.93. The average molecular weight is 937 g/mol. The van der Waals surface area contributed by atoms with Crippen molar-refractivity contribution in [2.24, 2.45) is 0 Å². The zero-order valence-electron chi connectivity index (χ0n) is 37.5. The number of hydrogen-bond acceptors (Lipinski definition) is 13. The molecule has 0 unspecified atom stereocenters. The fraction of sp³-hybridized carbons (Fsp3) is 0. The van der Waals surface area contributed by atoms with Gasteiger partial charge in [0, 0.05) is 43.1 Å². The van der Waals surface area contributed by atoms with Gasteiger partial charge in [-0.15, -0.1) is 0 Å². The molecular formula is C60H24N8O5. The molecule has 0 saturated heterocycles. The molecule has 0 fully saturated rings. The largest absolute Gasteiger partial charge is 0.456 e. The van der Waals surface area contributed by atoms with E-state index in [1.165, 1.54) is 0 Å². The summed E-state index contributed by atoms with van der Waals surface area (Å²) in [7, 11) is 0. The molecule has 0 saturated carbocycles. The van der Waals surface area contributed by atoms with E-state index < -0.39 is 0 Å². The van der Waals surface area contributed by atoms with Gasteiger partial charge in [0.1, 0.15) is 80.0 Å². The molecule has 15 rings (SSSR count). The van der Waals surface area contributed by atoms with Gasteiger partial charge in [0.2, 0.25) is 11.6 Å². The second-order valence-corrected chi connectivity index (χ2v) is 17.8. The fourth-order valence-corrected chi connectivity index (χ4v) is 10.4. The molecule has 0 N–H and O–H groups in total. The summed E-state index contributed by atoms with van der Waals surface area (Å²) in [4.78, 5) is 16.9. The number of para-hydroxylation sites is 1. The molecule has 7 aromatic heterocycles. The number of furan rings is 5. The highest BCUT2D eigenvalue weighted by Gasteiger charge is 2.22. The summed E-state index contributed by atoms with van der Waals surface area (Å²) in [5, 5.41) is 46.0. The summed E-state index contributed by atoms with van der Waals surface area (Å²) in [5.74, 6) is -0.222. The number of fused-ring (bicyclic) bond motifs is 15. The predicted molar refractivity (Wildman–Crippen MR) is 275 cm³/mol. The van der Waals surface area contributed by atoms with Crippen molar-refractivity contribution in [2.45, 2.75) is 0 Å². The third-order valence-corrected chi connectivity index (χ3v) is 13.8. The van der Waals surface area contributed by atoms with Gasteiger partial charge < -0.3 is 22.1 Å². The lowest BCUT2D eigenvalue weighted by Gasteiger charge is -2.10. The quantitative estimate of drug-likeness (QED) is 0.161. The molecule has 0 aliphatic rings. The van der Waals surface area contributed by atoms with E-state index in [9.17, 15) is 21.0 Å². The van der Waals surface area contributed by atoms with Gasteiger partial charge in [0.05, 0.1) is 0 Å². The Morgan fingerprint density at radius 2 is 0.740 bits per heavy atom. The van der Waals surface area contributed by atoms with Crippen LogP contribution in [0.3, 0.4) is 0 Å². The van der Waals surface area contributed by atoms with Crippen LogP contribution < -0.4 is 0 Å². The topological polar surface area (TPSA) is 212 Å². The minimum absolute atomic E-state index is 0.00589. The van der Waals surface area contributed by atoms with E-state index in [1.54, 1.807) is 0 Å². The van der Waals surface area contributed by atoms with Crippen LogP contribution in [-0.4, -0.2) is 19.9 Å². The monoisotopic (exact) mass is 936 g/mol. The summed E-state index contributed by atoms with van der Waals surface area (Å²) in [6.45, 7) is 0. The Labute approximate surface area is 408 Å². The lowest BCUT2D eigenvalue weighted by Crippen LogP contribution is -1.93. The normalized spacial score (nSPS) is 11.8. The molecule has 0 spiro atoms. The first-order chi connectivity index (χ1) is 35.9. The molecule has 0 atom stereocenters. The molecule has 7 heterocycles. The van der Waals surface area contributed by atoms with Crippen LogP contribution in [-0.2, 0) is 0 Å². The Balaban J connectivity index is 0.882. The van der Waals surface area contributed by atoms with Crippen molar-refractivity contribution < 1.29 is 22.1 Å². The van der Waals surface area contributed by atoms with E-state index in [-0.39, 0.29) is 34.2 Å². The van der Waals surface area contributed by atoms with E-state index >= 15 is 0 Å². The summed E-state index contributed by atoms with van der Waals surface area (Å²) in [5.41, 5.74) is 13.9. The number of aromatic nitrogens is 4. The van der Waals surface area contributed by atoms with Crippen molar-refractivity contribution >= 4 is 110 Å². The highest BCUT2D eigenvalue weighted by Crippen LogP contribution is 2.45. The Hall–Kier alpha value is -11.1. The molecule has 8 aromatic carbocycles. The first-order valence-electron chi connectivity index (χ1n) is 22.9. The molecule has 0 bridgehead atoms. The number of benzene rings is 8. The molecule has 0 radical (unpaired) electrons. The van der Waals surface area contributed by atoms with Crippen LogP contribution in [0.5, 0.6) is 0 Å². The smallest absolute Gasteiger partial charge is 0.234 e. The Morgan fingerprint density at radius 1 is 0.301 bits per heavy atom. The first-order valence-corrected chi connectivity index (χ1v) is 22.9. The standard InChI is InChI=1S/C60H24N8O5/c61-25-44-59-57(67-54(27-63)65-44)39-13-7-32(22-52(39)73-59)31-5-11-37-38-12-6-33(23-51(38)71-50(37)21-31)35-20-40(34-10-16-49-43(19-34)58-60(72-49)45(26-62)66-55(28-64)68-58)56-42-18-30(9-15-48(42)70-53(56)24-35)29-8-14-47-41(17-29)36-3-1-2-4-46(36)69-47/h1-24H. The Bertz CT molecular complexity index is 5180. The first kappa shape index (κ1) is 39.8. The van der Waals surface area contributed by atoms with Crippen LogP contribution in [0.4, 0.5) is 0 Å². The highest BCUT2D eigenvalue weighted by molar-refractivity contribution is 6.17. The van der Waals surface area contributed by atoms with Gasteiger partial charge in [-0.1, -0.05) is 54.6 Å². The second kappa shape index (κ2) is 14.7. The van der Waals surface area contributed by atoms with Crippen LogP contribution in [0, 0.1) is 45.3 Å².